The zero-order chi connectivity index (χ0) is 18.1. The first kappa shape index (κ1) is 17.5. The van der Waals surface area contributed by atoms with Crippen molar-refractivity contribution in [1.82, 2.24) is 14.4 Å². The number of benzene rings is 2. The minimum absolute atomic E-state index is 0.164. The molecule has 0 aliphatic carbocycles. The highest BCUT2D eigenvalue weighted by molar-refractivity contribution is 7.89. The molecule has 0 bridgehead atoms. The van der Waals surface area contributed by atoms with Crippen LogP contribution in [0.1, 0.15) is 5.69 Å². The van der Waals surface area contributed by atoms with Gasteiger partial charge in [-0.2, -0.15) is 4.31 Å². The molecule has 4 rings (SSSR count). The van der Waals surface area contributed by atoms with Crippen molar-refractivity contribution < 1.29 is 12.9 Å². The predicted molar refractivity (Wildman–Crippen MR) is 99.5 cm³/mol. The molecule has 0 unspecified atom stereocenters. The van der Waals surface area contributed by atoms with Gasteiger partial charge in [0, 0.05) is 38.1 Å². The van der Waals surface area contributed by atoms with E-state index >= 15 is 0 Å². The lowest BCUT2D eigenvalue weighted by molar-refractivity contribution is 0.178. The fourth-order valence-corrected chi connectivity index (χ4v) is 5.10. The fraction of sp³-hybridized carbons (Fsp3) is 0.278. The van der Waals surface area contributed by atoms with E-state index in [9.17, 15) is 8.42 Å². The van der Waals surface area contributed by atoms with E-state index in [0.717, 1.165) is 16.7 Å². The van der Waals surface area contributed by atoms with Crippen molar-refractivity contribution in [2.24, 2.45) is 0 Å². The second-order valence-electron chi connectivity index (χ2n) is 6.24. The standard InChI is InChI=1S/C18H18ClN3O3S/c19-15-6-2-4-8-18(15)26(23,24)22-11-9-21(10-12-22)13-16-14-5-1-3-7-17(14)25-20-16/h1-8H,9-13H2. The van der Waals surface area contributed by atoms with Crippen LogP contribution in [0.25, 0.3) is 11.0 Å². The van der Waals surface area contributed by atoms with Gasteiger partial charge in [-0.3, -0.25) is 4.90 Å². The zero-order valence-corrected chi connectivity index (χ0v) is 15.6. The number of rotatable bonds is 4. The molecular weight excluding hydrogens is 374 g/mol. The van der Waals surface area contributed by atoms with Gasteiger partial charge in [-0.05, 0) is 24.3 Å². The lowest BCUT2D eigenvalue weighted by Gasteiger charge is -2.33. The normalized spacial score (nSPS) is 17.0. The third kappa shape index (κ3) is 3.23. The number of hydrogen-bond acceptors (Lipinski definition) is 5. The van der Waals surface area contributed by atoms with Gasteiger partial charge in [-0.1, -0.05) is 41.0 Å². The number of halogens is 1. The number of hydrogen-bond donors (Lipinski definition) is 0. The highest BCUT2D eigenvalue weighted by Crippen LogP contribution is 2.25. The quantitative estimate of drug-likeness (QED) is 0.684. The summed E-state index contributed by atoms with van der Waals surface area (Å²) >= 11 is 6.07. The number of piperazine rings is 1. The minimum Gasteiger partial charge on any atom is -0.356 e. The zero-order valence-electron chi connectivity index (χ0n) is 14.0. The Morgan fingerprint density at radius 2 is 1.69 bits per heavy atom. The van der Waals surface area contributed by atoms with Crippen LogP contribution in [0.4, 0.5) is 0 Å². The molecule has 0 spiro atoms. The van der Waals surface area contributed by atoms with Crippen molar-refractivity contribution in [3.8, 4) is 0 Å². The summed E-state index contributed by atoms with van der Waals surface area (Å²) in [7, 11) is -3.57. The molecule has 1 aliphatic rings. The van der Waals surface area contributed by atoms with E-state index in [0.29, 0.717) is 32.7 Å². The average molecular weight is 392 g/mol. The van der Waals surface area contributed by atoms with E-state index in [-0.39, 0.29) is 9.92 Å². The molecule has 1 fully saturated rings. The summed E-state index contributed by atoms with van der Waals surface area (Å²) in [6.45, 7) is 2.74. The molecule has 26 heavy (non-hydrogen) atoms. The SMILES string of the molecule is O=S(=O)(c1ccccc1Cl)N1CCN(Cc2noc3ccccc23)CC1. The predicted octanol–water partition coefficient (Wildman–Crippen LogP) is 2.99. The molecule has 2 heterocycles. The summed E-state index contributed by atoms with van der Waals surface area (Å²) < 4.78 is 32.4. The highest BCUT2D eigenvalue weighted by Gasteiger charge is 2.30. The van der Waals surface area contributed by atoms with Crippen molar-refractivity contribution in [2.75, 3.05) is 26.2 Å². The van der Waals surface area contributed by atoms with E-state index in [1.165, 1.54) is 4.31 Å². The molecule has 0 N–H and O–H groups in total. The molecular formula is C18H18ClN3O3S. The molecule has 0 saturated carbocycles. The van der Waals surface area contributed by atoms with E-state index in [1.54, 1.807) is 24.3 Å². The number of fused-ring (bicyclic) bond motifs is 1. The van der Waals surface area contributed by atoms with E-state index in [1.807, 2.05) is 24.3 Å². The third-order valence-electron chi connectivity index (χ3n) is 4.61. The first-order valence-corrected chi connectivity index (χ1v) is 10.2. The Morgan fingerprint density at radius 3 is 2.46 bits per heavy atom. The first-order valence-electron chi connectivity index (χ1n) is 8.36. The lowest BCUT2D eigenvalue weighted by atomic mass is 10.2. The van der Waals surface area contributed by atoms with Crippen LogP contribution in [0.3, 0.4) is 0 Å². The van der Waals surface area contributed by atoms with Crippen LogP contribution in [-0.4, -0.2) is 49.0 Å². The Morgan fingerprint density at radius 1 is 1.00 bits per heavy atom. The van der Waals surface area contributed by atoms with Crippen molar-refractivity contribution in [2.45, 2.75) is 11.4 Å². The maximum Gasteiger partial charge on any atom is 0.244 e. The monoisotopic (exact) mass is 391 g/mol. The van der Waals surface area contributed by atoms with E-state index in [2.05, 4.69) is 10.1 Å². The molecule has 8 heteroatoms. The Bertz CT molecular complexity index is 1030. The van der Waals surface area contributed by atoms with Crippen molar-refractivity contribution >= 4 is 32.6 Å². The fourth-order valence-electron chi connectivity index (χ4n) is 3.18. The molecule has 0 amide bonds. The molecule has 0 radical (unpaired) electrons. The third-order valence-corrected chi connectivity index (χ3v) is 7.01. The number of para-hydroxylation sites is 1. The second kappa shape index (κ2) is 7.00. The van der Waals surface area contributed by atoms with Crippen LogP contribution in [0.5, 0.6) is 0 Å². The Labute approximate surface area is 157 Å². The molecule has 0 atom stereocenters. The van der Waals surface area contributed by atoms with Crippen LogP contribution in [0, 0.1) is 0 Å². The van der Waals surface area contributed by atoms with Gasteiger partial charge in [-0.15, -0.1) is 0 Å². The molecule has 136 valence electrons. The largest absolute Gasteiger partial charge is 0.356 e. The molecule has 6 nitrogen and oxygen atoms in total. The van der Waals surface area contributed by atoms with Crippen LogP contribution in [0.15, 0.2) is 57.9 Å². The molecule has 1 aliphatic heterocycles. The Balaban J connectivity index is 1.45. The summed E-state index contributed by atoms with van der Waals surface area (Å²) in [5.74, 6) is 0. The van der Waals surface area contributed by atoms with Gasteiger partial charge < -0.3 is 4.52 Å². The summed E-state index contributed by atoms with van der Waals surface area (Å²) in [6, 6.07) is 14.3. The summed E-state index contributed by atoms with van der Waals surface area (Å²) in [4.78, 5) is 2.35. The van der Waals surface area contributed by atoms with Gasteiger partial charge in [0.15, 0.2) is 5.58 Å². The highest BCUT2D eigenvalue weighted by atomic mass is 35.5. The van der Waals surface area contributed by atoms with Gasteiger partial charge in [0.05, 0.1) is 5.02 Å². The van der Waals surface area contributed by atoms with Gasteiger partial charge in [-0.25, -0.2) is 8.42 Å². The number of sulfonamides is 1. The molecule has 1 aromatic heterocycles. The van der Waals surface area contributed by atoms with Crippen molar-refractivity contribution in [3.63, 3.8) is 0 Å². The molecule has 2 aromatic carbocycles. The van der Waals surface area contributed by atoms with Crippen molar-refractivity contribution in [3.05, 3.63) is 59.2 Å². The summed E-state index contributed by atoms with van der Waals surface area (Å²) in [5.41, 5.74) is 1.64. The Kier molecular flexibility index (Phi) is 4.71. The van der Waals surface area contributed by atoms with Gasteiger partial charge in [0.2, 0.25) is 10.0 Å². The van der Waals surface area contributed by atoms with Crippen molar-refractivity contribution in [1.29, 1.82) is 0 Å². The van der Waals surface area contributed by atoms with Crippen LogP contribution in [0.2, 0.25) is 5.02 Å². The maximum atomic E-state index is 12.8. The average Bonchev–Trinajstić information content (AvgIpc) is 3.05. The van der Waals surface area contributed by atoms with Crippen LogP contribution in [-0.2, 0) is 16.6 Å². The lowest BCUT2D eigenvalue weighted by Crippen LogP contribution is -2.48. The minimum atomic E-state index is -3.57. The van der Waals surface area contributed by atoms with Gasteiger partial charge >= 0.3 is 0 Å². The maximum absolute atomic E-state index is 12.8. The first-order chi connectivity index (χ1) is 12.6. The molecule has 3 aromatic rings. The second-order valence-corrected chi connectivity index (χ2v) is 8.55. The number of aromatic nitrogens is 1. The Hall–Kier alpha value is -1.93. The van der Waals surface area contributed by atoms with Gasteiger partial charge in [0.25, 0.3) is 0 Å². The topological polar surface area (TPSA) is 66.7 Å². The van der Waals surface area contributed by atoms with Crippen LogP contribution < -0.4 is 0 Å². The van der Waals surface area contributed by atoms with Gasteiger partial charge in [0.1, 0.15) is 10.6 Å². The van der Waals surface area contributed by atoms with Crippen LogP contribution >= 0.6 is 11.6 Å². The number of nitrogens with zero attached hydrogens (tertiary/aromatic N) is 3. The summed E-state index contributed by atoms with van der Waals surface area (Å²) in [6.07, 6.45) is 0. The summed E-state index contributed by atoms with van der Waals surface area (Å²) in [5, 5.41) is 5.40. The molecule has 1 saturated heterocycles. The van der Waals surface area contributed by atoms with E-state index in [4.69, 9.17) is 16.1 Å². The smallest absolute Gasteiger partial charge is 0.244 e. The van der Waals surface area contributed by atoms with E-state index < -0.39 is 10.0 Å².